The smallest absolute Gasteiger partial charge is 0.231 e. The summed E-state index contributed by atoms with van der Waals surface area (Å²) in [4.78, 5) is 7.52. The molecule has 3 rings (SSSR count). The maximum absolute atomic E-state index is 8.69. The van der Waals surface area contributed by atoms with E-state index in [1.807, 2.05) is 12.1 Å². The minimum Gasteiger partial charge on any atom is -0.454 e. The number of imidazole rings is 1. The fourth-order valence-corrected chi connectivity index (χ4v) is 1.77. The first-order valence-corrected chi connectivity index (χ1v) is 5.51. The molecule has 0 saturated carbocycles. The van der Waals surface area contributed by atoms with Crippen LogP contribution in [0.15, 0.2) is 12.1 Å². The molecule has 1 aliphatic rings. The Bertz CT molecular complexity index is 497. The lowest BCUT2D eigenvalue weighted by Crippen LogP contribution is -2.04. The summed E-state index contributed by atoms with van der Waals surface area (Å²) in [6.45, 7) is 1.12. The molecule has 0 radical (unpaired) electrons. The van der Waals surface area contributed by atoms with Crippen molar-refractivity contribution in [1.29, 1.82) is 0 Å². The van der Waals surface area contributed by atoms with E-state index < -0.39 is 0 Å². The molecule has 0 aliphatic carbocycles. The number of benzene rings is 1. The average Bonchev–Trinajstić information content (AvgIpc) is 2.90. The highest BCUT2D eigenvalue weighted by atomic mass is 16.7. The number of aromatic amines is 1. The summed E-state index contributed by atoms with van der Waals surface area (Å²) in [6.07, 6.45) is 0.694. The summed E-state index contributed by atoms with van der Waals surface area (Å²) in [6, 6.07) is 3.73. The average molecular weight is 235 g/mol. The molecule has 2 heterocycles. The number of nitrogens with one attached hydrogen (secondary N) is 2. The van der Waals surface area contributed by atoms with Crippen LogP contribution in [0.2, 0.25) is 0 Å². The van der Waals surface area contributed by atoms with Gasteiger partial charge in [0.15, 0.2) is 11.5 Å². The van der Waals surface area contributed by atoms with Gasteiger partial charge in [-0.25, -0.2) is 4.98 Å². The Balaban J connectivity index is 1.86. The Morgan fingerprint density at radius 1 is 1.35 bits per heavy atom. The minimum absolute atomic E-state index is 0.170. The maximum atomic E-state index is 8.69. The fourth-order valence-electron chi connectivity index (χ4n) is 1.77. The number of H-pyrrole nitrogens is 1. The van der Waals surface area contributed by atoms with Crippen molar-refractivity contribution in [2.75, 3.05) is 25.3 Å². The Kier molecular flexibility index (Phi) is 2.49. The minimum atomic E-state index is 0.170. The van der Waals surface area contributed by atoms with Crippen LogP contribution in [-0.2, 0) is 0 Å². The van der Waals surface area contributed by atoms with Gasteiger partial charge in [0.1, 0.15) is 0 Å². The highest BCUT2D eigenvalue weighted by Crippen LogP contribution is 2.35. The van der Waals surface area contributed by atoms with Gasteiger partial charge in [-0.1, -0.05) is 0 Å². The first kappa shape index (κ1) is 10.2. The van der Waals surface area contributed by atoms with E-state index >= 15 is 0 Å². The number of nitrogens with zero attached hydrogens (tertiary/aromatic N) is 1. The van der Waals surface area contributed by atoms with Crippen molar-refractivity contribution >= 4 is 17.0 Å². The Morgan fingerprint density at radius 2 is 2.18 bits per heavy atom. The number of aliphatic hydroxyl groups excluding tert-OH is 1. The van der Waals surface area contributed by atoms with E-state index in [1.165, 1.54) is 0 Å². The molecule has 3 N–H and O–H groups in total. The van der Waals surface area contributed by atoms with Crippen LogP contribution < -0.4 is 14.8 Å². The van der Waals surface area contributed by atoms with Crippen LogP contribution in [0, 0.1) is 0 Å². The summed E-state index contributed by atoms with van der Waals surface area (Å²) in [5.74, 6) is 2.16. The third kappa shape index (κ3) is 1.87. The van der Waals surface area contributed by atoms with Gasteiger partial charge in [0, 0.05) is 25.3 Å². The highest BCUT2D eigenvalue weighted by Gasteiger charge is 2.15. The van der Waals surface area contributed by atoms with Crippen LogP contribution in [0.4, 0.5) is 5.95 Å². The molecule has 6 heteroatoms. The largest absolute Gasteiger partial charge is 0.454 e. The fraction of sp³-hybridized carbons (Fsp3) is 0.364. The number of hydrogen-bond donors (Lipinski definition) is 3. The van der Waals surface area contributed by atoms with Crippen molar-refractivity contribution in [2.24, 2.45) is 0 Å². The summed E-state index contributed by atoms with van der Waals surface area (Å²) in [5.41, 5.74) is 1.74. The molecule has 0 atom stereocenters. The third-order valence-corrected chi connectivity index (χ3v) is 2.60. The summed E-state index contributed by atoms with van der Waals surface area (Å²) in [5, 5.41) is 11.8. The van der Waals surface area contributed by atoms with Crippen LogP contribution in [0.5, 0.6) is 11.5 Å². The first-order chi connectivity index (χ1) is 8.36. The Hall–Kier alpha value is -1.95. The van der Waals surface area contributed by atoms with Gasteiger partial charge in [-0.15, -0.1) is 0 Å². The number of aromatic nitrogens is 2. The molecule has 1 aromatic heterocycles. The molecular weight excluding hydrogens is 222 g/mol. The van der Waals surface area contributed by atoms with E-state index in [2.05, 4.69) is 15.3 Å². The Labute approximate surface area is 97.6 Å². The highest BCUT2D eigenvalue weighted by molar-refractivity contribution is 5.81. The van der Waals surface area contributed by atoms with Crippen LogP contribution in [-0.4, -0.2) is 35.0 Å². The molecule has 90 valence electrons. The number of hydrogen-bond acceptors (Lipinski definition) is 5. The van der Waals surface area contributed by atoms with E-state index in [1.54, 1.807) is 0 Å². The van der Waals surface area contributed by atoms with Crippen LogP contribution in [0.3, 0.4) is 0 Å². The van der Waals surface area contributed by atoms with Crippen LogP contribution in [0.25, 0.3) is 11.0 Å². The van der Waals surface area contributed by atoms with Gasteiger partial charge in [-0.05, 0) is 6.42 Å². The van der Waals surface area contributed by atoms with E-state index in [-0.39, 0.29) is 13.4 Å². The molecule has 1 aliphatic heterocycles. The van der Waals surface area contributed by atoms with Gasteiger partial charge in [0.25, 0.3) is 0 Å². The number of anilines is 1. The molecule has 0 saturated heterocycles. The number of aliphatic hydroxyl groups is 1. The van der Waals surface area contributed by atoms with Crippen molar-refractivity contribution in [3.05, 3.63) is 12.1 Å². The van der Waals surface area contributed by atoms with Crippen molar-refractivity contribution in [1.82, 2.24) is 9.97 Å². The monoisotopic (exact) mass is 235 g/mol. The first-order valence-electron chi connectivity index (χ1n) is 5.51. The number of fused-ring (bicyclic) bond motifs is 2. The van der Waals surface area contributed by atoms with Gasteiger partial charge in [0.2, 0.25) is 12.7 Å². The second-order valence-electron chi connectivity index (χ2n) is 3.81. The molecule has 2 aromatic rings. The van der Waals surface area contributed by atoms with Gasteiger partial charge in [-0.2, -0.15) is 0 Å². The zero-order valence-electron chi connectivity index (χ0n) is 9.19. The third-order valence-electron chi connectivity index (χ3n) is 2.60. The second kappa shape index (κ2) is 4.14. The normalized spacial score (nSPS) is 13.2. The molecule has 0 amide bonds. The van der Waals surface area contributed by atoms with Gasteiger partial charge in [-0.3, -0.25) is 0 Å². The second-order valence-corrected chi connectivity index (χ2v) is 3.81. The molecule has 0 bridgehead atoms. The van der Waals surface area contributed by atoms with E-state index in [9.17, 15) is 0 Å². The van der Waals surface area contributed by atoms with Crippen molar-refractivity contribution < 1.29 is 14.6 Å². The SMILES string of the molecule is OCCCNc1nc2cc3c(cc2[nH]1)OCO3. The zero-order chi connectivity index (χ0) is 11.7. The van der Waals surface area contributed by atoms with E-state index in [4.69, 9.17) is 14.6 Å². The van der Waals surface area contributed by atoms with Gasteiger partial charge < -0.3 is 24.9 Å². The Morgan fingerprint density at radius 3 is 3.00 bits per heavy atom. The lowest BCUT2D eigenvalue weighted by Gasteiger charge is -1.98. The summed E-state index contributed by atoms with van der Waals surface area (Å²) < 4.78 is 10.6. The summed E-state index contributed by atoms with van der Waals surface area (Å²) in [7, 11) is 0. The molecule has 0 spiro atoms. The molecule has 17 heavy (non-hydrogen) atoms. The van der Waals surface area contributed by atoms with Gasteiger partial charge >= 0.3 is 0 Å². The zero-order valence-corrected chi connectivity index (χ0v) is 9.19. The molecule has 6 nitrogen and oxygen atoms in total. The topological polar surface area (TPSA) is 79.4 Å². The number of rotatable bonds is 4. The van der Waals surface area contributed by atoms with Crippen molar-refractivity contribution in [3.8, 4) is 11.5 Å². The van der Waals surface area contributed by atoms with Crippen molar-refractivity contribution in [2.45, 2.75) is 6.42 Å². The predicted octanol–water partition coefficient (Wildman–Crippen LogP) is 1.09. The van der Waals surface area contributed by atoms with Crippen molar-refractivity contribution in [3.63, 3.8) is 0 Å². The van der Waals surface area contributed by atoms with E-state index in [0.29, 0.717) is 18.9 Å². The summed E-state index contributed by atoms with van der Waals surface area (Å²) >= 11 is 0. The van der Waals surface area contributed by atoms with Crippen LogP contribution >= 0.6 is 0 Å². The van der Waals surface area contributed by atoms with Crippen LogP contribution in [0.1, 0.15) is 6.42 Å². The standard InChI is InChI=1S/C11H13N3O3/c15-3-1-2-12-11-13-7-4-9-10(17-6-16-9)5-8(7)14-11/h4-5,15H,1-3,6H2,(H2,12,13,14). The molecule has 1 aromatic carbocycles. The molecule has 0 fully saturated rings. The lowest BCUT2D eigenvalue weighted by molar-refractivity contribution is 0.174. The van der Waals surface area contributed by atoms with Gasteiger partial charge in [0.05, 0.1) is 11.0 Å². The predicted molar refractivity (Wildman–Crippen MR) is 62.4 cm³/mol. The van der Waals surface area contributed by atoms with E-state index in [0.717, 1.165) is 22.5 Å². The molecule has 0 unspecified atom stereocenters. The quantitative estimate of drug-likeness (QED) is 0.691. The lowest BCUT2D eigenvalue weighted by atomic mass is 10.3. The maximum Gasteiger partial charge on any atom is 0.231 e. The number of ether oxygens (including phenoxy) is 2. The molecular formula is C11H13N3O3.